The highest BCUT2D eigenvalue weighted by atomic mass is 16.4. The van der Waals surface area contributed by atoms with Crippen LogP contribution in [0.15, 0.2) is 0 Å². The summed E-state index contributed by atoms with van der Waals surface area (Å²) in [5.41, 5.74) is 0. The molecule has 5 nitrogen and oxygen atoms in total. The molecule has 0 rings (SSSR count). The van der Waals surface area contributed by atoms with Gasteiger partial charge in [-0.3, -0.25) is 0 Å². The molecule has 0 aromatic carbocycles. The summed E-state index contributed by atoms with van der Waals surface area (Å²) in [7, 11) is 5.35. The number of rotatable bonds is 4. The van der Waals surface area contributed by atoms with Gasteiger partial charge in [-0.15, -0.1) is 0 Å². The van der Waals surface area contributed by atoms with E-state index in [9.17, 15) is 9.90 Å². The summed E-state index contributed by atoms with van der Waals surface area (Å²) < 4.78 is 0.380. The molecule has 0 aliphatic carbocycles. The first-order valence-corrected chi connectivity index (χ1v) is 3.61. The zero-order valence-corrected chi connectivity index (χ0v) is 7.52. The van der Waals surface area contributed by atoms with Crippen LogP contribution in [0.25, 0.3) is 0 Å². The second-order valence-electron chi connectivity index (χ2n) is 3.80. The molecule has 2 atom stereocenters. The fraction of sp³-hybridized carbons (Fsp3) is 0.857. The van der Waals surface area contributed by atoms with Gasteiger partial charge in [-0.2, -0.15) is 0 Å². The maximum absolute atomic E-state index is 10.1. The Morgan fingerprint density at radius 1 is 1.42 bits per heavy atom. The molecule has 0 spiro atoms. The molecule has 0 aromatic heterocycles. The largest absolute Gasteiger partial charge is 0.547 e. The van der Waals surface area contributed by atoms with E-state index in [1.807, 2.05) is 0 Å². The van der Waals surface area contributed by atoms with Gasteiger partial charge in [0, 0.05) is 0 Å². The predicted molar refractivity (Wildman–Crippen MR) is 39.9 cm³/mol. The van der Waals surface area contributed by atoms with E-state index >= 15 is 0 Å². The number of aliphatic hydroxyl groups is 2. The van der Waals surface area contributed by atoms with Gasteiger partial charge < -0.3 is 24.6 Å². The second kappa shape index (κ2) is 3.84. The highest BCUT2D eigenvalue weighted by Crippen LogP contribution is 1.99. The number of likely N-dealkylation sites (N-methyl/N-ethyl adjacent to an activating group) is 1. The number of hydrogen-bond acceptors (Lipinski definition) is 4. The van der Waals surface area contributed by atoms with Crippen LogP contribution in [-0.2, 0) is 4.79 Å². The Morgan fingerprint density at radius 3 is 2.08 bits per heavy atom. The average Bonchev–Trinajstić information content (AvgIpc) is 1.82. The number of carbonyl (C=O) groups excluding carboxylic acids is 1. The molecule has 0 bridgehead atoms. The lowest BCUT2D eigenvalue weighted by molar-refractivity contribution is -0.874. The maximum atomic E-state index is 10.1. The summed E-state index contributed by atoms with van der Waals surface area (Å²) in [5, 5.41) is 28.1. The van der Waals surface area contributed by atoms with E-state index in [1.165, 1.54) is 0 Å². The molecule has 0 fully saturated rings. The molecule has 0 amide bonds. The number of aliphatic hydroxyl groups excluding tert-OH is 2. The van der Waals surface area contributed by atoms with Crippen LogP contribution in [0.5, 0.6) is 0 Å². The van der Waals surface area contributed by atoms with Crippen LogP contribution >= 0.6 is 0 Å². The summed E-state index contributed by atoms with van der Waals surface area (Å²) in [4.78, 5) is 10.1. The maximum Gasteiger partial charge on any atom is 0.134 e. The molecule has 0 aliphatic rings. The normalized spacial score (nSPS) is 17.1. The topological polar surface area (TPSA) is 80.6 Å². The van der Waals surface area contributed by atoms with Gasteiger partial charge in [0.25, 0.3) is 0 Å². The first kappa shape index (κ1) is 11.4. The van der Waals surface area contributed by atoms with Gasteiger partial charge in [-0.05, 0) is 0 Å². The number of carboxylic acids is 1. The van der Waals surface area contributed by atoms with E-state index in [1.54, 1.807) is 21.1 Å². The van der Waals surface area contributed by atoms with Crippen molar-refractivity contribution in [1.29, 1.82) is 0 Å². The SMILES string of the molecule is C[N+](C)(C)CC(O)C(O)C(=O)[O-]. The molecule has 0 aromatic rings. The third kappa shape index (κ3) is 4.27. The van der Waals surface area contributed by atoms with Gasteiger partial charge in [0.05, 0.1) is 27.1 Å². The van der Waals surface area contributed by atoms with Crippen molar-refractivity contribution < 1.29 is 24.6 Å². The minimum absolute atomic E-state index is 0.162. The quantitative estimate of drug-likeness (QED) is 0.453. The van der Waals surface area contributed by atoms with Crippen LogP contribution in [0.1, 0.15) is 0 Å². The van der Waals surface area contributed by atoms with Gasteiger partial charge in [0.2, 0.25) is 0 Å². The molecule has 2 unspecified atom stereocenters. The van der Waals surface area contributed by atoms with Crippen molar-refractivity contribution in [2.45, 2.75) is 12.2 Å². The van der Waals surface area contributed by atoms with Crippen molar-refractivity contribution in [3.63, 3.8) is 0 Å². The highest BCUT2D eigenvalue weighted by Gasteiger charge is 2.23. The third-order valence-corrected chi connectivity index (χ3v) is 1.34. The number of carbonyl (C=O) groups is 1. The van der Waals surface area contributed by atoms with Crippen LogP contribution in [0.2, 0.25) is 0 Å². The molecule has 2 N–H and O–H groups in total. The molecule has 72 valence electrons. The standard InChI is InChI=1S/C7H15NO4/c1-8(2,3)4-5(9)6(10)7(11)12/h5-6,9-10H,4H2,1-3H3. The van der Waals surface area contributed by atoms with E-state index in [-0.39, 0.29) is 6.54 Å². The summed E-state index contributed by atoms with van der Waals surface area (Å²) in [6.07, 6.45) is -3.09. The zero-order chi connectivity index (χ0) is 9.94. The second-order valence-corrected chi connectivity index (χ2v) is 3.80. The fourth-order valence-electron chi connectivity index (χ4n) is 0.818. The van der Waals surface area contributed by atoms with Crippen molar-refractivity contribution in [3.05, 3.63) is 0 Å². The minimum atomic E-state index is -1.80. The van der Waals surface area contributed by atoms with Crippen molar-refractivity contribution in [1.82, 2.24) is 0 Å². The summed E-state index contributed by atoms with van der Waals surface area (Å²) in [5.74, 6) is -1.64. The van der Waals surface area contributed by atoms with Gasteiger partial charge in [-0.1, -0.05) is 0 Å². The average molecular weight is 177 g/mol. The third-order valence-electron chi connectivity index (χ3n) is 1.34. The van der Waals surface area contributed by atoms with Crippen molar-refractivity contribution in [2.75, 3.05) is 27.7 Å². The molecule has 0 saturated carbocycles. The van der Waals surface area contributed by atoms with E-state index in [4.69, 9.17) is 10.2 Å². The van der Waals surface area contributed by atoms with Gasteiger partial charge in [0.15, 0.2) is 0 Å². The van der Waals surface area contributed by atoms with Crippen LogP contribution in [0.3, 0.4) is 0 Å². The fourth-order valence-corrected chi connectivity index (χ4v) is 0.818. The summed E-state index contributed by atoms with van der Waals surface area (Å²) in [6.45, 7) is 0.162. The van der Waals surface area contributed by atoms with Gasteiger partial charge >= 0.3 is 0 Å². The molecular weight excluding hydrogens is 162 g/mol. The van der Waals surface area contributed by atoms with Crippen molar-refractivity contribution >= 4 is 5.97 Å². The first-order valence-electron chi connectivity index (χ1n) is 3.61. The van der Waals surface area contributed by atoms with E-state index in [0.29, 0.717) is 4.48 Å². The molecule has 0 radical (unpaired) electrons. The Hall–Kier alpha value is -0.650. The summed E-state index contributed by atoms with van der Waals surface area (Å²) >= 11 is 0. The Balaban J connectivity index is 4.04. The number of hydrogen-bond donors (Lipinski definition) is 2. The Labute approximate surface area is 71.4 Å². The first-order chi connectivity index (χ1) is 5.24. The lowest BCUT2D eigenvalue weighted by atomic mass is 10.2. The van der Waals surface area contributed by atoms with E-state index in [0.717, 1.165) is 0 Å². The molecule has 0 heterocycles. The lowest BCUT2D eigenvalue weighted by Crippen LogP contribution is -2.51. The Bertz CT molecular complexity index is 163. The minimum Gasteiger partial charge on any atom is -0.547 e. The number of quaternary nitrogens is 1. The molecular formula is C7H15NO4. The molecule has 0 aliphatic heterocycles. The lowest BCUT2D eigenvalue weighted by Gasteiger charge is -2.29. The van der Waals surface area contributed by atoms with E-state index < -0.39 is 18.2 Å². The number of carboxylic acid groups (broad SMARTS) is 1. The smallest absolute Gasteiger partial charge is 0.134 e. The molecule has 0 saturated heterocycles. The summed E-state index contributed by atoms with van der Waals surface area (Å²) in [6, 6.07) is 0. The van der Waals surface area contributed by atoms with Gasteiger partial charge in [0.1, 0.15) is 18.8 Å². The number of aliphatic carboxylic acids is 1. The van der Waals surface area contributed by atoms with E-state index in [2.05, 4.69) is 0 Å². The van der Waals surface area contributed by atoms with Crippen molar-refractivity contribution in [2.24, 2.45) is 0 Å². The van der Waals surface area contributed by atoms with Crippen LogP contribution in [-0.4, -0.2) is 60.6 Å². The number of nitrogens with zero attached hydrogens (tertiary/aromatic N) is 1. The van der Waals surface area contributed by atoms with Gasteiger partial charge in [-0.25, -0.2) is 0 Å². The zero-order valence-electron chi connectivity index (χ0n) is 7.52. The predicted octanol–water partition coefficient (Wildman–Crippen LogP) is -2.84. The van der Waals surface area contributed by atoms with Crippen molar-refractivity contribution in [3.8, 4) is 0 Å². The molecule has 12 heavy (non-hydrogen) atoms. The Morgan fingerprint density at radius 2 is 1.83 bits per heavy atom. The highest BCUT2D eigenvalue weighted by molar-refractivity contribution is 5.70. The van der Waals surface area contributed by atoms with Crippen LogP contribution < -0.4 is 5.11 Å². The monoisotopic (exact) mass is 177 g/mol. The van der Waals surface area contributed by atoms with Crippen LogP contribution in [0, 0.1) is 0 Å². The van der Waals surface area contributed by atoms with Crippen LogP contribution in [0.4, 0.5) is 0 Å². The Kier molecular flexibility index (Phi) is 3.63. The molecule has 5 heteroatoms.